The summed E-state index contributed by atoms with van der Waals surface area (Å²) >= 11 is 0. The number of amides is 1. The lowest BCUT2D eigenvalue weighted by atomic mass is 9.92. The van der Waals surface area contributed by atoms with Gasteiger partial charge in [-0.3, -0.25) is 4.79 Å². The van der Waals surface area contributed by atoms with Gasteiger partial charge in [0.15, 0.2) is 0 Å². The van der Waals surface area contributed by atoms with Gasteiger partial charge in [-0.25, -0.2) is 8.42 Å². The van der Waals surface area contributed by atoms with Crippen LogP contribution in [0.4, 0.5) is 0 Å². The molecule has 0 bridgehead atoms. The molecule has 1 aromatic carbocycles. The van der Waals surface area contributed by atoms with E-state index < -0.39 is 10.0 Å². The first kappa shape index (κ1) is 22.1. The number of likely N-dealkylation sites (tertiary alicyclic amines) is 1. The number of nitrogens with zero attached hydrogens (tertiary/aromatic N) is 2. The van der Waals surface area contributed by atoms with Gasteiger partial charge in [-0.05, 0) is 50.7 Å². The van der Waals surface area contributed by atoms with Gasteiger partial charge in [0, 0.05) is 32.2 Å². The Morgan fingerprint density at radius 3 is 2.44 bits per heavy atom. The second kappa shape index (κ2) is 9.37. The number of benzene rings is 1. The SMILES string of the molecule is CC(N)C1CCCN(C(=O)c2ccccc2S(=O)(=O)N2CCCCC2)C1.Cl. The second-order valence-electron chi connectivity index (χ2n) is 7.47. The zero-order chi connectivity index (χ0) is 18.7. The highest BCUT2D eigenvalue weighted by Gasteiger charge is 2.33. The average molecular weight is 416 g/mol. The quantitative estimate of drug-likeness (QED) is 0.818. The van der Waals surface area contributed by atoms with Crippen molar-refractivity contribution in [3.8, 4) is 0 Å². The molecule has 0 aliphatic carbocycles. The number of carbonyl (C=O) groups excluding carboxylic acids is 1. The molecule has 0 aromatic heterocycles. The maximum atomic E-state index is 13.1. The Labute approximate surface area is 168 Å². The van der Waals surface area contributed by atoms with E-state index in [0.29, 0.717) is 26.2 Å². The fraction of sp³-hybridized carbons (Fsp3) is 0.632. The molecule has 2 fully saturated rings. The van der Waals surface area contributed by atoms with Gasteiger partial charge in [0.1, 0.15) is 0 Å². The van der Waals surface area contributed by atoms with Crippen molar-refractivity contribution < 1.29 is 13.2 Å². The number of halogens is 1. The molecule has 2 saturated heterocycles. The Balaban J connectivity index is 0.00000261. The lowest BCUT2D eigenvalue weighted by molar-refractivity contribution is 0.0657. The van der Waals surface area contributed by atoms with Gasteiger partial charge in [0.2, 0.25) is 10.0 Å². The molecule has 0 saturated carbocycles. The van der Waals surface area contributed by atoms with Crippen molar-refractivity contribution in [2.45, 2.75) is 50.0 Å². The minimum Gasteiger partial charge on any atom is -0.338 e. The van der Waals surface area contributed by atoms with Crippen LogP contribution in [0.15, 0.2) is 29.2 Å². The summed E-state index contributed by atoms with van der Waals surface area (Å²) in [5.41, 5.74) is 6.31. The minimum absolute atomic E-state index is 0. The summed E-state index contributed by atoms with van der Waals surface area (Å²) < 4.78 is 27.7. The van der Waals surface area contributed by atoms with Gasteiger partial charge in [0.25, 0.3) is 5.91 Å². The molecule has 2 unspecified atom stereocenters. The molecule has 2 aliphatic rings. The molecule has 1 aromatic rings. The first-order valence-electron chi connectivity index (χ1n) is 9.55. The fourth-order valence-electron chi connectivity index (χ4n) is 3.91. The Bertz CT molecular complexity index is 748. The van der Waals surface area contributed by atoms with Crippen molar-refractivity contribution in [2.24, 2.45) is 11.7 Å². The second-order valence-corrected chi connectivity index (χ2v) is 9.38. The standard InChI is InChI=1S/C19H29N3O3S.ClH/c1-15(20)16-8-7-11-21(14-16)19(23)17-9-3-4-10-18(17)26(24,25)22-12-5-2-6-13-22;/h3-4,9-10,15-16H,2,5-8,11-14,20H2,1H3;1H. The Kier molecular flexibility index (Phi) is 7.68. The molecule has 1 amide bonds. The highest BCUT2D eigenvalue weighted by Crippen LogP contribution is 2.26. The monoisotopic (exact) mass is 415 g/mol. The van der Waals surface area contributed by atoms with E-state index >= 15 is 0 Å². The molecular formula is C19H30ClN3O3S. The van der Waals surface area contributed by atoms with E-state index in [0.717, 1.165) is 32.1 Å². The zero-order valence-corrected chi connectivity index (χ0v) is 17.5. The van der Waals surface area contributed by atoms with Gasteiger partial charge in [-0.2, -0.15) is 4.31 Å². The largest absolute Gasteiger partial charge is 0.338 e. The van der Waals surface area contributed by atoms with Crippen LogP contribution in [0, 0.1) is 5.92 Å². The Morgan fingerprint density at radius 1 is 1.11 bits per heavy atom. The van der Waals surface area contributed by atoms with Crippen molar-refractivity contribution in [3.05, 3.63) is 29.8 Å². The fourth-order valence-corrected chi connectivity index (χ4v) is 5.61. The maximum Gasteiger partial charge on any atom is 0.255 e. The van der Waals surface area contributed by atoms with Gasteiger partial charge in [-0.1, -0.05) is 18.6 Å². The number of rotatable bonds is 4. The highest BCUT2D eigenvalue weighted by molar-refractivity contribution is 7.89. The molecule has 2 atom stereocenters. The van der Waals surface area contributed by atoms with Crippen molar-refractivity contribution >= 4 is 28.3 Å². The number of hydrogen-bond donors (Lipinski definition) is 1. The van der Waals surface area contributed by atoms with Crippen LogP contribution in [-0.2, 0) is 10.0 Å². The topological polar surface area (TPSA) is 83.7 Å². The van der Waals surface area contributed by atoms with Crippen LogP contribution < -0.4 is 5.73 Å². The number of carbonyl (C=O) groups is 1. The lowest BCUT2D eigenvalue weighted by Crippen LogP contribution is -2.45. The molecule has 8 heteroatoms. The van der Waals surface area contributed by atoms with Crippen LogP contribution in [0.25, 0.3) is 0 Å². The first-order chi connectivity index (χ1) is 12.4. The van der Waals surface area contributed by atoms with Crippen LogP contribution in [0.5, 0.6) is 0 Å². The van der Waals surface area contributed by atoms with Gasteiger partial charge < -0.3 is 10.6 Å². The Morgan fingerprint density at radius 2 is 1.78 bits per heavy atom. The smallest absolute Gasteiger partial charge is 0.255 e. The number of nitrogens with two attached hydrogens (primary N) is 1. The lowest BCUT2D eigenvalue weighted by Gasteiger charge is -2.35. The summed E-state index contributed by atoms with van der Waals surface area (Å²) in [6, 6.07) is 6.64. The summed E-state index contributed by atoms with van der Waals surface area (Å²) in [5.74, 6) is 0.0603. The van der Waals surface area contributed by atoms with E-state index in [-0.39, 0.29) is 40.7 Å². The molecule has 0 radical (unpaired) electrons. The van der Waals surface area contributed by atoms with Crippen LogP contribution >= 0.6 is 12.4 Å². The summed E-state index contributed by atoms with van der Waals surface area (Å²) in [6.45, 7) is 4.27. The third-order valence-corrected chi connectivity index (χ3v) is 7.50. The third-order valence-electron chi connectivity index (χ3n) is 5.54. The van der Waals surface area contributed by atoms with Crippen LogP contribution in [0.2, 0.25) is 0 Å². The van der Waals surface area contributed by atoms with Crippen molar-refractivity contribution in [1.82, 2.24) is 9.21 Å². The third kappa shape index (κ3) is 4.83. The molecule has 2 heterocycles. The predicted octanol–water partition coefficient (Wildman–Crippen LogP) is 2.48. The van der Waals surface area contributed by atoms with Gasteiger partial charge in [-0.15, -0.1) is 12.4 Å². The van der Waals surface area contributed by atoms with E-state index in [2.05, 4.69) is 0 Å². The molecule has 152 valence electrons. The molecule has 2 aliphatic heterocycles. The normalized spacial score (nSPS) is 22.7. The zero-order valence-electron chi connectivity index (χ0n) is 15.8. The molecule has 6 nitrogen and oxygen atoms in total. The van der Waals surface area contributed by atoms with E-state index in [4.69, 9.17) is 5.73 Å². The minimum atomic E-state index is -3.65. The van der Waals surface area contributed by atoms with E-state index in [9.17, 15) is 13.2 Å². The van der Waals surface area contributed by atoms with Crippen molar-refractivity contribution in [2.75, 3.05) is 26.2 Å². The van der Waals surface area contributed by atoms with Crippen LogP contribution in [-0.4, -0.2) is 55.8 Å². The molecule has 27 heavy (non-hydrogen) atoms. The van der Waals surface area contributed by atoms with Gasteiger partial charge in [0.05, 0.1) is 10.5 Å². The number of piperidine rings is 2. The van der Waals surface area contributed by atoms with E-state index in [1.165, 1.54) is 4.31 Å². The summed E-state index contributed by atoms with van der Waals surface area (Å²) in [5, 5.41) is 0. The van der Waals surface area contributed by atoms with Crippen LogP contribution in [0.3, 0.4) is 0 Å². The molecule has 3 rings (SSSR count). The van der Waals surface area contributed by atoms with Crippen molar-refractivity contribution in [1.29, 1.82) is 0 Å². The van der Waals surface area contributed by atoms with E-state index in [1.807, 2.05) is 6.92 Å². The summed E-state index contributed by atoms with van der Waals surface area (Å²) in [7, 11) is -3.65. The summed E-state index contributed by atoms with van der Waals surface area (Å²) in [6.07, 6.45) is 4.71. The Hall–Kier alpha value is -1.15. The number of sulfonamides is 1. The number of hydrogen-bond acceptors (Lipinski definition) is 4. The first-order valence-corrected chi connectivity index (χ1v) is 11.0. The molecule has 2 N–H and O–H groups in total. The van der Waals surface area contributed by atoms with E-state index in [1.54, 1.807) is 29.2 Å². The molecular weight excluding hydrogens is 386 g/mol. The maximum absolute atomic E-state index is 13.1. The average Bonchev–Trinajstić information content (AvgIpc) is 2.68. The van der Waals surface area contributed by atoms with Gasteiger partial charge >= 0.3 is 0 Å². The predicted molar refractivity (Wildman–Crippen MR) is 109 cm³/mol. The molecule has 0 spiro atoms. The highest BCUT2D eigenvalue weighted by atomic mass is 35.5. The summed E-state index contributed by atoms with van der Waals surface area (Å²) in [4.78, 5) is 15.0. The van der Waals surface area contributed by atoms with Crippen LogP contribution in [0.1, 0.15) is 49.4 Å². The van der Waals surface area contributed by atoms with Crippen molar-refractivity contribution in [3.63, 3.8) is 0 Å².